The van der Waals surface area contributed by atoms with E-state index in [9.17, 15) is 4.79 Å². The summed E-state index contributed by atoms with van der Waals surface area (Å²) < 4.78 is 0. The molecule has 0 unspecified atom stereocenters. The summed E-state index contributed by atoms with van der Waals surface area (Å²) in [6.45, 7) is 9.89. The first-order valence-corrected chi connectivity index (χ1v) is 6.89. The zero-order valence-corrected chi connectivity index (χ0v) is 12.4. The molecule has 6 heteroatoms. The van der Waals surface area contributed by atoms with E-state index in [0.717, 1.165) is 26.2 Å². The third kappa shape index (κ3) is 3.26. The molecule has 0 spiro atoms. The number of piperazine rings is 1. The van der Waals surface area contributed by atoms with Gasteiger partial charge in [-0.3, -0.25) is 15.5 Å². The first kappa shape index (κ1) is 14.7. The molecule has 1 amide bonds. The van der Waals surface area contributed by atoms with Crippen LogP contribution in [0.5, 0.6) is 0 Å². The van der Waals surface area contributed by atoms with E-state index < -0.39 is 0 Å². The fraction of sp³-hybridized carbons (Fsp3) is 0.571. The zero-order valence-electron chi connectivity index (χ0n) is 12.4. The first-order chi connectivity index (χ1) is 9.41. The molecule has 0 radical (unpaired) electrons. The number of nitrogens with zero attached hydrogens (tertiary/aromatic N) is 3. The van der Waals surface area contributed by atoms with E-state index in [-0.39, 0.29) is 11.4 Å². The van der Waals surface area contributed by atoms with E-state index in [4.69, 9.17) is 5.84 Å². The second kappa shape index (κ2) is 5.76. The SMILES string of the molecule is CC(C)(C)N1CCN(C(=O)c2ccc(NN)cn2)CC1. The number of pyridine rings is 1. The van der Waals surface area contributed by atoms with Gasteiger partial charge in [0, 0.05) is 31.7 Å². The molecule has 6 nitrogen and oxygen atoms in total. The number of aromatic nitrogens is 1. The Morgan fingerprint density at radius 1 is 1.25 bits per heavy atom. The summed E-state index contributed by atoms with van der Waals surface area (Å²) in [5, 5.41) is 0. The Kier molecular flexibility index (Phi) is 4.25. The summed E-state index contributed by atoms with van der Waals surface area (Å²) in [5.41, 5.74) is 3.82. The molecule has 2 heterocycles. The second-order valence-electron chi connectivity index (χ2n) is 6.03. The number of rotatable bonds is 2. The highest BCUT2D eigenvalue weighted by Gasteiger charge is 2.28. The number of carbonyl (C=O) groups excluding carboxylic acids is 1. The molecule has 0 atom stereocenters. The van der Waals surface area contributed by atoms with E-state index >= 15 is 0 Å². The summed E-state index contributed by atoms with van der Waals surface area (Å²) in [4.78, 5) is 20.7. The van der Waals surface area contributed by atoms with Crippen LogP contribution in [0.2, 0.25) is 0 Å². The normalized spacial score (nSPS) is 17.1. The monoisotopic (exact) mass is 277 g/mol. The van der Waals surface area contributed by atoms with Crippen molar-refractivity contribution in [1.29, 1.82) is 0 Å². The first-order valence-electron chi connectivity index (χ1n) is 6.89. The topological polar surface area (TPSA) is 74.5 Å². The van der Waals surface area contributed by atoms with Gasteiger partial charge >= 0.3 is 0 Å². The number of carbonyl (C=O) groups is 1. The number of amides is 1. The predicted octanol–water partition coefficient (Wildman–Crippen LogP) is 0.924. The van der Waals surface area contributed by atoms with Crippen LogP contribution >= 0.6 is 0 Å². The van der Waals surface area contributed by atoms with Crippen LogP contribution in [0.3, 0.4) is 0 Å². The maximum absolute atomic E-state index is 12.3. The van der Waals surface area contributed by atoms with Gasteiger partial charge in [-0.1, -0.05) is 0 Å². The van der Waals surface area contributed by atoms with Crippen molar-refractivity contribution < 1.29 is 4.79 Å². The van der Waals surface area contributed by atoms with Crippen molar-refractivity contribution in [1.82, 2.24) is 14.8 Å². The average molecular weight is 277 g/mol. The maximum Gasteiger partial charge on any atom is 0.272 e. The van der Waals surface area contributed by atoms with Crippen LogP contribution in [0, 0.1) is 0 Å². The van der Waals surface area contributed by atoms with Gasteiger partial charge in [-0.2, -0.15) is 0 Å². The van der Waals surface area contributed by atoms with Gasteiger partial charge in [0.25, 0.3) is 5.91 Å². The molecule has 1 fully saturated rings. The molecule has 1 aliphatic heterocycles. The van der Waals surface area contributed by atoms with Crippen molar-refractivity contribution >= 4 is 11.6 Å². The Morgan fingerprint density at radius 3 is 2.35 bits per heavy atom. The smallest absolute Gasteiger partial charge is 0.272 e. The van der Waals surface area contributed by atoms with E-state index in [1.54, 1.807) is 18.3 Å². The molecule has 0 saturated carbocycles. The van der Waals surface area contributed by atoms with Crippen LogP contribution in [0.4, 0.5) is 5.69 Å². The number of nitrogens with one attached hydrogen (secondary N) is 1. The number of anilines is 1. The van der Waals surface area contributed by atoms with E-state index in [1.807, 2.05) is 4.90 Å². The van der Waals surface area contributed by atoms with Gasteiger partial charge in [-0.15, -0.1) is 0 Å². The third-order valence-electron chi connectivity index (χ3n) is 3.66. The van der Waals surface area contributed by atoms with Gasteiger partial charge in [0.1, 0.15) is 5.69 Å². The predicted molar refractivity (Wildman–Crippen MR) is 79.3 cm³/mol. The molecule has 1 saturated heterocycles. The minimum atomic E-state index is -0.0119. The lowest BCUT2D eigenvalue weighted by atomic mass is 10.0. The van der Waals surface area contributed by atoms with Gasteiger partial charge in [0.15, 0.2) is 0 Å². The quantitative estimate of drug-likeness (QED) is 0.621. The molecule has 0 bridgehead atoms. The Bertz CT molecular complexity index is 457. The van der Waals surface area contributed by atoms with E-state index in [1.165, 1.54) is 0 Å². The number of hydrogen-bond acceptors (Lipinski definition) is 5. The van der Waals surface area contributed by atoms with Crippen molar-refractivity contribution in [2.24, 2.45) is 5.84 Å². The standard InChI is InChI=1S/C14H23N5O/c1-14(2,3)19-8-6-18(7-9-19)13(20)12-5-4-11(17-15)10-16-12/h4-5,10,17H,6-9,15H2,1-3H3. The van der Waals surface area contributed by atoms with Gasteiger partial charge in [0.05, 0.1) is 11.9 Å². The molecular weight excluding hydrogens is 254 g/mol. The molecule has 3 N–H and O–H groups in total. The Balaban J connectivity index is 1.97. The van der Waals surface area contributed by atoms with Crippen LogP contribution in [-0.4, -0.2) is 52.4 Å². The lowest BCUT2D eigenvalue weighted by Crippen LogP contribution is -2.54. The number of hydrogen-bond donors (Lipinski definition) is 2. The third-order valence-corrected chi connectivity index (χ3v) is 3.66. The second-order valence-corrected chi connectivity index (χ2v) is 6.03. The fourth-order valence-electron chi connectivity index (χ4n) is 2.35. The lowest BCUT2D eigenvalue weighted by molar-refractivity contribution is 0.0447. The molecule has 0 aliphatic carbocycles. The van der Waals surface area contributed by atoms with Gasteiger partial charge < -0.3 is 10.3 Å². The van der Waals surface area contributed by atoms with Crippen molar-refractivity contribution in [3.63, 3.8) is 0 Å². The van der Waals surface area contributed by atoms with E-state index in [2.05, 4.69) is 36.1 Å². The highest BCUT2D eigenvalue weighted by Crippen LogP contribution is 2.17. The van der Waals surface area contributed by atoms with Crippen molar-refractivity contribution in [2.75, 3.05) is 31.6 Å². The summed E-state index contributed by atoms with van der Waals surface area (Å²) in [6.07, 6.45) is 1.57. The molecule has 0 aromatic carbocycles. The Morgan fingerprint density at radius 2 is 1.90 bits per heavy atom. The minimum Gasteiger partial charge on any atom is -0.335 e. The molecule has 1 aliphatic rings. The summed E-state index contributed by atoms with van der Waals surface area (Å²) in [7, 11) is 0. The minimum absolute atomic E-state index is 0.0119. The highest BCUT2D eigenvalue weighted by molar-refractivity contribution is 5.92. The van der Waals surface area contributed by atoms with Crippen LogP contribution in [0.1, 0.15) is 31.3 Å². The molecule has 1 aromatic heterocycles. The Labute approximate surface area is 119 Å². The van der Waals surface area contributed by atoms with Crippen LogP contribution in [0.15, 0.2) is 18.3 Å². The lowest BCUT2D eigenvalue weighted by Gasteiger charge is -2.42. The Hall–Kier alpha value is -1.66. The zero-order chi connectivity index (χ0) is 14.8. The summed E-state index contributed by atoms with van der Waals surface area (Å²) in [6, 6.07) is 3.46. The molecule has 2 rings (SSSR count). The molecule has 20 heavy (non-hydrogen) atoms. The number of hydrazine groups is 1. The van der Waals surface area contributed by atoms with Gasteiger partial charge in [-0.05, 0) is 32.9 Å². The van der Waals surface area contributed by atoms with Crippen molar-refractivity contribution in [2.45, 2.75) is 26.3 Å². The largest absolute Gasteiger partial charge is 0.335 e. The van der Waals surface area contributed by atoms with Crippen molar-refractivity contribution in [3.8, 4) is 0 Å². The molecular formula is C14H23N5O. The van der Waals surface area contributed by atoms with Crippen LogP contribution in [0.25, 0.3) is 0 Å². The number of nitrogen functional groups attached to an aromatic ring is 1. The van der Waals surface area contributed by atoms with Gasteiger partial charge in [-0.25, -0.2) is 4.98 Å². The molecule has 110 valence electrons. The van der Waals surface area contributed by atoms with Crippen LogP contribution < -0.4 is 11.3 Å². The van der Waals surface area contributed by atoms with Gasteiger partial charge in [0.2, 0.25) is 0 Å². The summed E-state index contributed by atoms with van der Waals surface area (Å²) in [5.74, 6) is 5.27. The van der Waals surface area contributed by atoms with Crippen LogP contribution in [-0.2, 0) is 0 Å². The highest BCUT2D eigenvalue weighted by atomic mass is 16.2. The fourth-order valence-corrected chi connectivity index (χ4v) is 2.35. The molecule has 1 aromatic rings. The average Bonchev–Trinajstić information content (AvgIpc) is 2.46. The summed E-state index contributed by atoms with van der Waals surface area (Å²) >= 11 is 0. The van der Waals surface area contributed by atoms with Crippen molar-refractivity contribution in [3.05, 3.63) is 24.0 Å². The maximum atomic E-state index is 12.3. The van der Waals surface area contributed by atoms with E-state index in [0.29, 0.717) is 11.4 Å². The number of nitrogens with two attached hydrogens (primary N) is 1.